The lowest BCUT2D eigenvalue weighted by molar-refractivity contribution is -0.115. The summed E-state index contributed by atoms with van der Waals surface area (Å²) in [7, 11) is 0. The number of hydrogen-bond donors (Lipinski definition) is 2. The third-order valence-electron chi connectivity index (χ3n) is 3.64. The molecule has 3 rings (SSSR count). The minimum atomic E-state index is -0.333. The molecule has 3 aromatic rings. The van der Waals surface area contributed by atoms with Gasteiger partial charge in [-0.2, -0.15) is 0 Å². The lowest BCUT2D eigenvalue weighted by Crippen LogP contribution is -2.22. The lowest BCUT2D eigenvalue weighted by Gasteiger charge is -2.06. The van der Waals surface area contributed by atoms with E-state index in [4.69, 9.17) is 0 Å². The number of H-pyrrole nitrogens is 1. The number of aromatic nitrogens is 2. The number of anilines is 1. The third kappa shape index (κ3) is 3.45. The van der Waals surface area contributed by atoms with Gasteiger partial charge < -0.3 is 10.3 Å². The van der Waals surface area contributed by atoms with Crippen molar-refractivity contribution in [2.24, 2.45) is 0 Å². The van der Waals surface area contributed by atoms with Crippen LogP contribution in [0.15, 0.2) is 53.3 Å². The van der Waals surface area contributed by atoms with Crippen LogP contribution in [-0.4, -0.2) is 15.9 Å². The summed E-state index contributed by atoms with van der Waals surface area (Å²) in [6.07, 6.45) is 0.889. The van der Waals surface area contributed by atoms with Crippen molar-refractivity contribution >= 4 is 22.6 Å². The Morgan fingerprint density at radius 1 is 1.13 bits per heavy atom. The zero-order valence-electron chi connectivity index (χ0n) is 12.8. The number of aromatic amines is 1. The van der Waals surface area contributed by atoms with Crippen molar-refractivity contribution in [3.63, 3.8) is 0 Å². The van der Waals surface area contributed by atoms with Crippen LogP contribution in [0.1, 0.15) is 18.2 Å². The Kier molecular flexibility index (Phi) is 4.19. The second kappa shape index (κ2) is 6.44. The van der Waals surface area contributed by atoms with Crippen molar-refractivity contribution in [2.45, 2.75) is 19.8 Å². The van der Waals surface area contributed by atoms with Crippen LogP contribution >= 0.6 is 0 Å². The molecule has 2 N–H and O–H groups in total. The predicted octanol–water partition coefficient (Wildman–Crippen LogP) is 2.67. The highest BCUT2D eigenvalue weighted by Crippen LogP contribution is 2.11. The molecule has 2 aromatic carbocycles. The van der Waals surface area contributed by atoms with E-state index in [1.165, 1.54) is 5.56 Å². The van der Waals surface area contributed by atoms with Gasteiger partial charge in [0.2, 0.25) is 5.91 Å². The van der Waals surface area contributed by atoms with Crippen molar-refractivity contribution in [1.29, 1.82) is 0 Å². The van der Waals surface area contributed by atoms with Gasteiger partial charge in [0, 0.05) is 5.69 Å². The van der Waals surface area contributed by atoms with Gasteiger partial charge in [0.25, 0.3) is 5.56 Å². The minimum Gasteiger partial charge on any atom is -0.326 e. The molecular formula is C18H17N3O2. The maximum atomic E-state index is 12.1. The van der Waals surface area contributed by atoms with E-state index in [2.05, 4.69) is 22.2 Å². The first kappa shape index (κ1) is 15.0. The highest BCUT2D eigenvalue weighted by molar-refractivity contribution is 5.92. The molecule has 0 atom stereocenters. The summed E-state index contributed by atoms with van der Waals surface area (Å²) in [6.45, 7) is 2.07. The fourth-order valence-electron chi connectivity index (χ4n) is 2.37. The average molecular weight is 307 g/mol. The number of fused-ring (bicyclic) bond motifs is 1. The van der Waals surface area contributed by atoms with E-state index < -0.39 is 0 Å². The summed E-state index contributed by atoms with van der Waals surface area (Å²) in [5.74, 6) is -0.262. The van der Waals surface area contributed by atoms with Crippen LogP contribution in [0.2, 0.25) is 0 Å². The number of aryl methyl sites for hydroxylation is 1. The molecule has 5 heteroatoms. The summed E-state index contributed by atoms with van der Waals surface area (Å²) in [4.78, 5) is 31.2. The molecule has 0 saturated carbocycles. The molecule has 0 fully saturated rings. The molecule has 0 radical (unpaired) electrons. The van der Waals surface area contributed by atoms with E-state index in [1.54, 1.807) is 12.1 Å². The van der Waals surface area contributed by atoms with Crippen molar-refractivity contribution in [2.75, 3.05) is 5.32 Å². The summed E-state index contributed by atoms with van der Waals surface area (Å²) < 4.78 is 0. The predicted molar refractivity (Wildman–Crippen MR) is 90.5 cm³/mol. The monoisotopic (exact) mass is 307 g/mol. The van der Waals surface area contributed by atoms with Crippen LogP contribution in [0, 0.1) is 0 Å². The Bertz CT molecular complexity index is 898. The van der Waals surface area contributed by atoms with Gasteiger partial charge in [-0.25, -0.2) is 4.98 Å². The van der Waals surface area contributed by atoms with E-state index in [0.29, 0.717) is 16.7 Å². The van der Waals surface area contributed by atoms with Gasteiger partial charge >= 0.3 is 0 Å². The van der Waals surface area contributed by atoms with E-state index in [0.717, 1.165) is 6.42 Å². The second-order valence-electron chi connectivity index (χ2n) is 5.31. The molecule has 0 aliphatic heterocycles. The van der Waals surface area contributed by atoms with Gasteiger partial charge in [-0.15, -0.1) is 0 Å². The average Bonchev–Trinajstić information content (AvgIpc) is 2.56. The number of amides is 1. The fraction of sp³-hybridized carbons (Fsp3) is 0.167. The molecule has 116 valence electrons. The van der Waals surface area contributed by atoms with Gasteiger partial charge in [-0.3, -0.25) is 9.59 Å². The normalized spacial score (nSPS) is 10.7. The zero-order valence-corrected chi connectivity index (χ0v) is 12.8. The smallest absolute Gasteiger partial charge is 0.270 e. The van der Waals surface area contributed by atoms with E-state index in [-0.39, 0.29) is 23.6 Å². The van der Waals surface area contributed by atoms with Crippen molar-refractivity contribution < 1.29 is 4.79 Å². The maximum absolute atomic E-state index is 12.1. The van der Waals surface area contributed by atoms with E-state index in [9.17, 15) is 9.59 Å². The number of nitrogens with zero attached hydrogens (tertiary/aromatic N) is 1. The van der Waals surface area contributed by atoms with Crippen LogP contribution in [0.4, 0.5) is 5.69 Å². The van der Waals surface area contributed by atoms with Gasteiger partial charge in [-0.1, -0.05) is 31.2 Å². The first-order valence-electron chi connectivity index (χ1n) is 7.52. The van der Waals surface area contributed by atoms with Crippen LogP contribution < -0.4 is 10.9 Å². The first-order valence-corrected chi connectivity index (χ1v) is 7.52. The quantitative estimate of drug-likeness (QED) is 0.778. The number of nitrogens with one attached hydrogen (secondary N) is 2. The van der Waals surface area contributed by atoms with Crippen LogP contribution in [0.3, 0.4) is 0 Å². The Balaban J connectivity index is 1.76. The first-order chi connectivity index (χ1) is 11.2. The SMILES string of the molecule is CCc1ccc(NC(=O)Cc2nc3ccccc3[nH]c2=O)cc1. The third-order valence-corrected chi connectivity index (χ3v) is 3.64. The summed E-state index contributed by atoms with van der Waals surface area (Å²) >= 11 is 0. The Morgan fingerprint density at radius 3 is 2.61 bits per heavy atom. The van der Waals surface area contributed by atoms with Crippen LogP contribution in [0.25, 0.3) is 11.0 Å². The number of hydrogen-bond acceptors (Lipinski definition) is 3. The van der Waals surface area contributed by atoms with Gasteiger partial charge in [0.1, 0.15) is 5.69 Å². The molecule has 0 aliphatic carbocycles. The molecule has 5 nitrogen and oxygen atoms in total. The van der Waals surface area contributed by atoms with Crippen molar-refractivity contribution in [3.8, 4) is 0 Å². The molecule has 0 bridgehead atoms. The molecular weight excluding hydrogens is 290 g/mol. The van der Waals surface area contributed by atoms with Crippen molar-refractivity contribution in [3.05, 3.63) is 70.1 Å². The van der Waals surface area contributed by atoms with E-state index >= 15 is 0 Å². The number of carbonyl (C=O) groups is 1. The highest BCUT2D eigenvalue weighted by atomic mass is 16.2. The largest absolute Gasteiger partial charge is 0.326 e. The molecule has 1 aromatic heterocycles. The molecule has 23 heavy (non-hydrogen) atoms. The topological polar surface area (TPSA) is 74.8 Å². The fourth-order valence-corrected chi connectivity index (χ4v) is 2.37. The van der Waals surface area contributed by atoms with Gasteiger partial charge in [0.15, 0.2) is 0 Å². The Labute approximate surface area is 133 Å². The molecule has 0 aliphatic rings. The van der Waals surface area contributed by atoms with Gasteiger partial charge in [-0.05, 0) is 36.2 Å². The number of rotatable bonds is 4. The van der Waals surface area contributed by atoms with Crippen molar-refractivity contribution in [1.82, 2.24) is 9.97 Å². The number of benzene rings is 2. The molecule has 0 saturated heterocycles. The van der Waals surface area contributed by atoms with Gasteiger partial charge in [0.05, 0.1) is 17.5 Å². The summed E-state index contributed by atoms with van der Waals surface area (Å²) in [5, 5.41) is 2.79. The Morgan fingerprint density at radius 2 is 1.87 bits per heavy atom. The van der Waals surface area contributed by atoms with Crippen LogP contribution in [-0.2, 0) is 17.6 Å². The number of para-hydroxylation sites is 2. The molecule has 1 amide bonds. The summed E-state index contributed by atoms with van der Waals surface area (Å²) in [5.41, 5.74) is 3.13. The minimum absolute atomic E-state index is 0.0598. The Hall–Kier alpha value is -2.95. The lowest BCUT2D eigenvalue weighted by atomic mass is 10.1. The highest BCUT2D eigenvalue weighted by Gasteiger charge is 2.10. The molecule has 0 spiro atoms. The molecule has 0 unspecified atom stereocenters. The standard InChI is InChI=1S/C18H17N3O2/c1-2-12-7-9-13(10-8-12)19-17(22)11-16-18(23)21-15-6-4-3-5-14(15)20-16/h3-10H,2,11H2,1H3,(H,19,22)(H,21,23). The second-order valence-corrected chi connectivity index (χ2v) is 5.31. The number of carbonyl (C=O) groups excluding carboxylic acids is 1. The molecule has 1 heterocycles. The summed E-state index contributed by atoms with van der Waals surface area (Å²) in [6, 6.07) is 14.9. The zero-order chi connectivity index (χ0) is 16.2. The maximum Gasteiger partial charge on any atom is 0.270 e. The van der Waals surface area contributed by atoms with E-state index in [1.807, 2.05) is 36.4 Å². The van der Waals surface area contributed by atoms with Crippen LogP contribution in [0.5, 0.6) is 0 Å².